The molecule has 0 aliphatic carbocycles. The Bertz CT molecular complexity index is 282. The van der Waals surface area contributed by atoms with Gasteiger partial charge in [-0.05, 0) is 12.8 Å². The molecular weight excluding hydrogens is 166 g/mol. The lowest BCUT2D eigenvalue weighted by atomic mass is 10.0. The molecule has 72 valence electrons. The number of aryl methyl sites for hydroxylation is 1. The summed E-state index contributed by atoms with van der Waals surface area (Å²) in [5.41, 5.74) is 0. The van der Waals surface area contributed by atoms with Crippen LogP contribution in [0.15, 0.2) is 4.42 Å². The van der Waals surface area contributed by atoms with Crippen molar-refractivity contribution in [2.75, 3.05) is 6.54 Å². The molecule has 1 fully saturated rings. The van der Waals surface area contributed by atoms with Gasteiger partial charge in [-0.2, -0.15) is 0 Å². The second-order valence-corrected chi connectivity index (χ2v) is 3.54. The maximum Gasteiger partial charge on any atom is 0.230 e. The Labute approximate surface area is 77.9 Å². The summed E-state index contributed by atoms with van der Waals surface area (Å²) in [7, 11) is 0. The fourth-order valence-electron chi connectivity index (χ4n) is 1.74. The molecule has 0 saturated carbocycles. The zero-order valence-electron chi connectivity index (χ0n) is 8.16. The second-order valence-electron chi connectivity index (χ2n) is 3.54. The van der Waals surface area contributed by atoms with E-state index in [0.29, 0.717) is 5.89 Å². The minimum absolute atomic E-state index is 0.656. The summed E-state index contributed by atoms with van der Waals surface area (Å²) in [6.07, 6.45) is 2.52. The van der Waals surface area contributed by atoms with Gasteiger partial charge in [0.1, 0.15) is 0 Å². The number of nitrogens with zero attached hydrogens (tertiary/aromatic N) is 3. The third-order valence-electron chi connectivity index (χ3n) is 2.64. The normalized spacial score (nSPS) is 23.1. The number of likely N-dealkylation sites (tertiary alicyclic amines) is 1. The van der Waals surface area contributed by atoms with Crippen molar-refractivity contribution < 1.29 is 4.42 Å². The van der Waals surface area contributed by atoms with E-state index < -0.39 is 0 Å². The Morgan fingerprint density at radius 1 is 1.54 bits per heavy atom. The molecule has 0 spiro atoms. The molecule has 2 rings (SSSR count). The Morgan fingerprint density at radius 2 is 2.38 bits per heavy atom. The predicted molar refractivity (Wildman–Crippen MR) is 48.1 cm³/mol. The number of rotatable bonds is 3. The van der Waals surface area contributed by atoms with Gasteiger partial charge < -0.3 is 4.42 Å². The first-order valence-corrected chi connectivity index (χ1v) is 4.82. The van der Waals surface area contributed by atoms with Crippen LogP contribution in [0.1, 0.15) is 31.5 Å². The third kappa shape index (κ3) is 1.72. The van der Waals surface area contributed by atoms with Gasteiger partial charge in [0.25, 0.3) is 0 Å². The van der Waals surface area contributed by atoms with Crippen LogP contribution in [-0.4, -0.2) is 27.7 Å². The summed E-state index contributed by atoms with van der Waals surface area (Å²) in [5.74, 6) is 1.40. The smallest absolute Gasteiger partial charge is 0.230 e. The van der Waals surface area contributed by atoms with Crippen molar-refractivity contribution in [3.8, 4) is 0 Å². The molecule has 0 amide bonds. The highest BCUT2D eigenvalue weighted by atomic mass is 16.4. The van der Waals surface area contributed by atoms with E-state index >= 15 is 0 Å². The lowest BCUT2D eigenvalue weighted by Gasteiger charge is -2.39. The van der Waals surface area contributed by atoms with Crippen LogP contribution in [0.5, 0.6) is 0 Å². The lowest BCUT2D eigenvalue weighted by Crippen LogP contribution is -2.46. The van der Waals surface area contributed by atoms with E-state index in [2.05, 4.69) is 22.0 Å². The molecule has 13 heavy (non-hydrogen) atoms. The van der Waals surface area contributed by atoms with E-state index in [9.17, 15) is 0 Å². The first-order valence-electron chi connectivity index (χ1n) is 4.82. The third-order valence-corrected chi connectivity index (χ3v) is 2.64. The van der Waals surface area contributed by atoms with Crippen LogP contribution >= 0.6 is 0 Å². The van der Waals surface area contributed by atoms with E-state index in [-0.39, 0.29) is 0 Å². The van der Waals surface area contributed by atoms with Crippen molar-refractivity contribution in [1.29, 1.82) is 0 Å². The van der Waals surface area contributed by atoms with Crippen molar-refractivity contribution in [2.24, 2.45) is 0 Å². The van der Waals surface area contributed by atoms with Crippen molar-refractivity contribution in [3.05, 3.63) is 11.8 Å². The summed E-state index contributed by atoms with van der Waals surface area (Å²) in [4.78, 5) is 2.38. The van der Waals surface area contributed by atoms with Gasteiger partial charge in [-0.3, -0.25) is 4.90 Å². The second kappa shape index (κ2) is 3.46. The average molecular weight is 181 g/mol. The molecule has 0 aromatic carbocycles. The van der Waals surface area contributed by atoms with Gasteiger partial charge in [-0.25, -0.2) is 0 Å². The fraction of sp³-hybridized carbons (Fsp3) is 0.778. The maximum atomic E-state index is 5.32. The summed E-state index contributed by atoms with van der Waals surface area (Å²) in [6.45, 7) is 6.03. The van der Waals surface area contributed by atoms with Crippen molar-refractivity contribution >= 4 is 0 Å². The molecule has 1 unspecified atom stereocenters. The van der Waals surface area contributed by atoms with E-state index in [0.717, 1.165) is 18.5 Å². The molecule has 0 bridgehead atoms. The van der Waals surface area contributed by atoms with Crippen molar-refractivity contribution in [1.82, 2.24) is 15.1 Å². The molecular formula is C9H15N3O. The molecule has 1 aromatic heterocycles. The van der Waals surface area contributed by atoms with Crippen LogP contribution < -0.4 is 0 Å². The van der Waals surface area contributed by atoms with Crippen LogP contribution in [0.3, 0.4) is 0 Å². The highest BCUT2D eigenvalue weighted by Crippen LogP contribution is 2.22. The minimum Gasteiger partial charge on any atom is -0.424 e. The average Bonchev–Trinajstić information content (AvgIpc) is 2.46. The predicted octanol–water partition coefficient (Wildman–Crippen LogP) is 1.36. The van der Waals surface area contributed by atoms with Gasteiger partial charge in [0, 0.05) is 19.5 Å². The van der Waals surface area contributed by atoms with E-state index in [1.165, 1.54) is 19.4 Å². The molecule has 4 nitrogen and oxygen atoms in total. The minimum atomic E-state index is 0.656. The van der Waals surface area contributed by atoms with E-state index in [1.54, 1.807) is 0 Å². The Balaban J connectivity index is 1.91. The summed E-state index contributed by atoms with van der Waals surface area (Å²) in [5, 5.41) is 7.78. The van der Waals surface area contributed by atoms with Gasteiger partial charge in [0.15, 0.2) is 0 Å². The topological polar surface area (TPSA) is 42.2 Å². The Hall–Kier alpha value is -0.900. The molecule has 2 heterocycles. The molecule has 1 saturated heterocycles. The van der Waals surface area contributed by atoms with Gasteiger partial charge in [-0.1, -0.05) is 6.92 Å². The zero-order valence-corrected chi connectivity index (χ0v) is 8.16. The van der Waals surface area contributed by atoms with Crippen LogP contribution in [0, 0.1) is 6.92 Å². The number of hydrogen-bond acceptors (Lipinski definition) is 4. The van der Waals surface area contributed by atoms with Gasteiger partial charge >= 0.3 is 0 Å². The summed E-state index contributed by atoms with van der Waals surface area (Å²) >= 11 is 0. The monoisotopic (exact) mass is 181 g/mol. The first kappa shape index (κ1) is 8.69. The highest BCUT2D eigenvalue weighted by molar-refractivity contribution is 4.86. The lowest BCUT2D eigenvalue weighted by molar-refractivity contribution is 0.0689. The van der Waals surface area contributed by atoms with Crippen LogP contribution in [0.25, 0.3) is 0 Å². The zero-order chi connectivity index (χ0) is 9.26. The van der Waals surface area contributed by atoms with Gasteiger partial charge in [-0.15, -0.1) is 10.2 Å². The first-order chi connectivity index (χ1) is 6.29. The van der Waals surface area contributed by atoms with Crippen molar-refractivity contribution in [2.45, 2.75) is 39.3 Å². The highest BCUT2D eigenvalue weighted by Gasteiger charge is 2.27. The number of hydrogen-bond donors (Lipinski definition) is 0. The SMILES string of the molecule is CCC1CCN1Cc1nnc(C)o1. The Morgan fingerprint density at radius 3 is 2.85 bits per heavy atom. The largest absolute Gasteiger partial charge is 0.424 e. The summed E-state index contributed by atoms with van der Waals surface area (Å²) in [6, 6.07) is 0.729. The quantitative estimate of drug-likeness (QED) is 0.706. The standard InChI is InChI=1S/C9H15N3O/c1-3-8-4-5-12(8)6-9-11-10-7(2)13-9/h8H,3-6H2,1-2H3. The van der Waals surface area contributed by atoms with Crippen LogP contribution in [0.4, 0.5) is 0 Å². The molecule has 1 aliphatic rings. The number of aromatic nitrogens is 2. The molecule has 1 atom stereocenters. The molecule has 4 heteroatoms. The molecule has 0 radical (unpaired) electrons. The van der Waals surface area contributed by atoms with E-state index in [1.807, 2.05) is 6.92 Å². The molecule has 1 aromatic rings. The summed E-state index contributed by atoms with van der Waals surface area (Å²) < 4.78 is 5.32. The van der Waals surface area contributed by atoms with E-state index in [4.69, 9.17) is 4.42 Å². The fourth-order valence-corrected chi connectivity index (χ4v) is 1.74. The molecule has 0 N–H and O–H groups in total. The van der Waals surface area contributed by atoms with Crippen molar-refractivity contribution in [3.63, 3.8) is 0 Å². The maximum absolute atomic E-state index is 5.32. The Kier molecular flexibility index (Phi) is 2.31. The van der Waals surface area contributed by atoms with Crippen LogP contribution in [-0.2, 0) is 6.54 Å². The molecule has 1 aliphatic heterocycles. The van der Waals surface area contributed by atoms with Gasteiger partial charge in [0.2, 0.25) is 11.8 Å². The van der Waals surface area contributed by atoms with Crippen LogP contribution in [0.2, 0.25) is 0 Å². The van der Waals surface area contributed by atoms with Gasteiger partial charge in [0.05, 0.1) is 6.54 Å².